The molecule has 102 valence electrons. The molecule has 0 aliphatic heterocycles. The molecular formula is C15H11ClFNO2. The molecule has 1 atom stereocenters. The van der Waals surface area contributed by atoms with Gasteiger partial charge < -0.3 is 4.42 Å². The van der Waals surface area contributed by atoms with Gasteiger partial charge in [-0.2, -0.15) is 0 Å². The van der Waals surface area contributed by atoms with Crippen molar-refractivity contribution < 1.29 is 8.81 Å². The van der Waals surface area contributed by atoms with Crippen LogP contribution in [0.2, 0.25) is 0 Å². The number of nitrogens with one attached hydrogen (secondary N) is 1. The molecule has 0 radical (unpaired) electrons. The number of halogens is 2. The molecule has 0 amide bonds. The molecule has 1 unspecified atom stereocenters. The van der Waals surface area contributed by atoms with Gasteiger partial charge in [-0.1, -0.05) is 23.8 Å². The number of aromatic nitrogens is 1. The minimum absolute atomic E-state index is 0.355. The SMILES string of the molecule is Cc1ccc(F)c(C(Cl)c2ccc3[nH]c(=O)oc3c2)c1. The predicted molar refractivity (Wildman–Crippen MR) is 75.7 cm³/mol. The molecule has 1 aromatic heterocycles. The lowest BCUT2D eigenvalue weighted by Crippen LogP contribution is -1.97. The Morgan fingerprint density at radius 3 is 2.85 bits per heavy atom. The van der Waals surface area contributed by atoms with Crippen molar-refractivity contribution >= 4 is 22.7 Å². The third kappa shape index (κ3) is 2.23. The zero-order valence-electron chi connectivity index (χ0n) is 10.6. The zero-order chi connectivity index (χ0) is 14.3. The molecule has 2 aromatic carbocycles. The summed E-state index contributed by atoms with van der Waals surface area (Å²) >= 11 is 6.35. The maximum atomic E-state index is 13.9. The second-order valence-corrected chi connectivity index (χ2v) is 5.09. The number of benzene rings is 2. The van der Waals surface area contributed by atoms with Crippen molar-refractivity contribution in [3.63, 3.8) is 0 Å². The molecule has 0 fully saturated rings. The topological polar surface area (TPSA) is 46.0 Å². The molecule has 3 rings (SSSR count). The first kappa shape index (κ1) is 12.9. The Balaban J connectivity index is 2.09. The van der Waals surface area contributed by atoms with E-state index in [0.29, 0.717) is 22.2 Å². The molecule has 1 heterocycles. The minimum Gasteiger partial charge on any atom is -0.408 e. The molecule has 1 N–H and O–H groups in total. The summed E-state index contributed by atoms with van der Waals surface area (Å²) in [6, 6.07) is 9.88. The molecule has 3 nitrogen and oxygen atoms in total. The molecule has 0 saturated carbocycles. The van der Waals surface area contributed by atoms with Crippen molar-refractivity contribution in [3.8, 4) is 0 Å². The van der Waals surface area contributed by atoms with Crippen molar-refractivity contribution in [2.45, 2.75) is 12.3 Å². The van der Waals surface area contributed by atoms with Gasteiger partial charge in [0.2, 0.25) is 0 Å². The quantitative estimate of drug-likeness (QED) is 0.728. The Bertz CT molecular complexity index is 837. The molecular weight excluding hydrogens is 281 g/mol. The van der Waals surface area contributed by atoms with Crippen LogP contribution in [0.4, 0.5) is 4.39 Å². The lowest BCUT2D eigenvalue weighted by Gasteiger charge is -2.12. The number of fused-ring (bicyclic) bond motifs is 1. The van der Waals surface area contributed by atoms with Gasteiger partial charge in [0, 0.05) is 5.56 Å². The third-order valence-electron chi connectivity index (χ3n) is 3.16. The second kappa shape index (κ2) is 4.80. The van der Waals surface area contributed by atoms with Crippen LogP contribution < -0.4 is 5.76 Å². The fourth-order valence-electron chi connectivity index (χ4n) is 2.16. The van der Waals surface area contributed by atoms with Gasteiger partial charge in [-0.25, -0.2) is 9.18 Å². The van der Waals surface area contributed by atoms with Gasteiger partial charge in [0.05, 0.1) is 10.9 Å². The highest BCUT2D eigenvalue weighted by Gasteiger charge is 2.16. The van der Waals surface area contributed by atoms with Crippen LogP contribution in [0.15, 0.2) is 45.6 Å². The fraction of sp³-hybridized carbons (Fsp3) is 0.133. The van der Waals surface area contributed by atoms with Crippen molar-refractivity contribution in [3.05, 3.63) is 69.5 Å². The number of rotatable bonds is 2. The van der Waals surface area contributed by atoms with Gasteiger partial charge in [-0.3, -0.25) is 4.98 Å². The number of aromatic amines is 1. The van der Waals surface area contributed by atoms with Crippen LogP contribution in [0.1, 0.15) is 22.1 Å². The Hall–Kier alpha value is -2.07. The van der Waals surface area contributed by atoms with Gasteiger partial charge in [0.25, 0.3) is 0 Å². The first-order valence-corrected chi connectivity index (χ1v) is 6.51. The average Bonchev–Trinajstić information content (AvgIpc) is 2.79. The number of hydrogen-bond donors (Lipinski definition) is 1. The van der Waals surface area contributed by atoms with E-state index in [0.717, 1.165) is 5.56 Å². The molecule has 20 heavy (non-hydrogen) atoms. The van der Waals surface area contributed by atoms with E-state index in [4.69, 9.17) is 16.0 Å². The summed E-state index contributed by atoms with van der Waals surface area (Å²) in [4.78, 5) is 13.7. The van der Waals surface area contributed by atoms with Crippen molar-refractivity contribution in [2.24, 2.45) is 0 Å². The van der Waals surface area contributed by atoms with Crippen molar-refractivity contribution in [2.75, 3.05) is 0 Å². The lowest BCUT2D eigenvalue weighted by molar-refractivity contribution is 0.555. The Morgan fingerprint density at radius 2 is 2.05 bits per heavy atom. The van der Waals surface area contributed by atoms with Crippen molar-refractivity contribution in [1.29, 1.82) is 0 Å². The number of aryl methyl sites for hydroxylation is 1. The summed E-state index contributed by atoms with van der Waals surface area (Å²) < 4.78 is 18.8. The van der Waals surface area contributed by atoms with Crippen LogP contribution in [-0.2, 0) is 0 Å². The molecule has 3 aromatic rings. The summed E-state index contributed by atoms with van der Waals surface area (Å²) in [7, 11) is 0. The van der Waals surface area contributed by atoms with Crippen molar-refractivity contribution in [1.82, 2.24) is 4.98 Å². The zero-order valence-corrected chi connectivity index (χ0v) is 11.4. The molecule has 0 bridgehead atoms. The molecule has 0 aliphatic carbocycles. The van der Waals surface area contributed by atoms with Gasteiger partial charge in [0.1, 0.15) is 5.82 Å². The molecule has 0 saturated heterocycles. The monoisotopic (exact) mass is 291 g/mol. The molecule has 5 heteroatoms. The first-order valence-electron chi connectivity index (χ1n) is 6.07. The van der Waals surface area contributed by atoms with E-state index >= 15 is 0 Å². The number of hydrogen-bond acceptors (Lipinski definition) is 2. The van der Waals surface area contributed by atoms with E-state index in [-0.39, 0.29) is 5.82 Å². The van der Waals surface area contributed by atoms with Crippen LogP contribution in [0.25, 0.3) is 11.1 Å². The highest BCUT2D eigenvalue weighted by molar-refractivity contribution is 6.22. The second-order valence-electron chi connectivity index (χ2n) is 4.66. The van der Waals surface area contributed by atoms with Gasteiger partial charge in [-0.15, -0.1) is 11.6 Å². The summed E-state index contributed by atoms with van der Waals surface area (Å²) in [5, 5.41) is -0.639. The van der Waals surface area contributed by atoms with Gasteiger partial charge in [-0.05, 0) is 30.7 Å². The summed E-state index contributed by atoms with van der Waals surface area (Å²) in [6.07, 6.45) is 0. The summed E-state index contributed by atoms with van der Waals surface area (Å²) in [6.45, 7) is 1.88. The van der Waals surface area contributed by atoms with E-state index in [1.54, 1.807) is 30.3 Å². The Kier molecular flexibility index (Phi) is 3.10. The van der Waals surface area contributed by atoms with Crippen LogP contribution >= 0.6 is 11.6 Å². The summed E-state index contributed by atoms with van der Waals surface area (Å²) in [5.41, 5.74) is 3.01. The normalized spacial score (nSPS) is 12.8. The fourth-order valence-corrected chi connectivity index (χ4v) is 2.46. The predicted octanol–water partition coefficient (Wildman–Crippen LogP) is 3.90. The van der Waals surface area contributed by atoms with E-state index < -0.39 is 11.1 Å². The van der Waals surface area contributed by atoms with Crippen LogP contribution in [0.5, 0.6) is 0 Å². The number of H-pyrrole nitrogens is 1. The van der Waals surface area contributed by atoms with Crippen LogP contribution in [0.3, 0.4) is 0 Å². The third-order valence-corrected chi connectivity index (χ3v) is 3.65. The first-order chi connectivity index (χ1) is 9.54. The number of oxazole rings is 1. The van der Waals surface area contributed by atoms with E-state index in [9.17, 15) is 9.18 Å². The number of alkyl halides is 1. The van der Waals surface area contributed by atoms with Gasteiger partial charge >= 0.3 is 5.76 Å². The highest BCUT2D eigenvalue weighted by atomic mass is 35.5. The van der Waals surface area contributed by atoms with E-state index in [1.807, 2.05) is 6.92 Å². The standard InChI is InChI=1S/C15H11ClFNO2/c1-8-2-4-11(17)10(6-8)14(16)9-3-5-12-13(7-9)20-15(19)18-12/h2-7,14H,1H3,(H,18,19). The maximum absolute atomic E-state index is 13.9. The van der Waals surface area contributed by atoms with Gasteiger partial charge in [0.15, 0.2) is 5.58 Å². The molecule has 0 aliphatic rings. The smallest absolute Gasteiger partial charge is 0.408 e. The summed E-state index contributed by atoms with van der Waals surface area (Å²) in [5.74, 6) is -0.878. The Labute approximate surface area is 119 Å². The lowest BCUT2D eigenvalue weighted by atomic mass is 10.0. The van der Waals surface area contributed by atoms with E-state index in [2.05, 4.69) is 4.98 Å². The average molecular weight is 292 g/mol. The van der Waals surface area contributed by atoms with Crippen LogP contribution in [0, 0.1) is 12.7 Å². The Morgan fingerprint density at radius 1 is 1.25 bits per heavy atom. The maximum Gasteiger partial charge on any atom is 0.417 e. The van der Waals surface area contributed by atoms with E-state index in [1.165, 1.54) is 6.07 Å². The highest BCUT2D eigenvalue weighted by Crippen LogP contribution is 2.32. The molecule has 0 spiro atoms. The largest absolute Gasteiger partial charge is 0.417 e. The minimum atomic E-state index is -0.639. The van der Waals surface area contributed by atoms with Crippen LogP contribution in [-0.4, -0.2) is 4.98 Å².